The molecule has 1 N–H and O–H groups in total. The molecule has 6 atom stereocenters. The van der Waals surface area contributed by atoms with Crippen molar-refractivity contribution in [2.45, 2.75) is 62.8 Å². The maximum Gasteiger partial charge on any atom is 0.306 e. The van der Waals surface area contributed by atoms with Crippen LogP contribution < -0.4 is 9.47 Å². The van der Waals surface area contributed by atoms with Crippen molar-refractivity contribution < 1.29 is 38.4 Å². The number of ether oxygens (including phenoxy) is 5. The van der Waals surface area contributed by atoms with E-state index in [1.807, 2.05) is 78.9 Å². The second kappa shape index (κ2) is 15.9. The lowest BCUT2D eigenvalue weighted by Gasteiger charge is -2.32. The van der Waals surface area contributed by atoms with Gasteiger partial charge in [-0.2, -0.15) is 0 Å². The number of methoxy groups -OCH3 is 1. The molecule has 2 aromatic carbocycles. The molecule has 0 fully saturated rings. The van der Waals surface area contributed by atoms with Crippen LogP contribution in [0.2, 0.25) is 0 Å². The van der Waals surface area contributed by atoms with E-state index in [0.29, 0.717) is 24.3 Å². The third-order valence-electron chi connectivity index (χ3n) is 6.86. The molecule has 2 aliphatic heterocycles. The molecule has 0 saturated carbocycles. The van der Waals surface area contributed by atoms with Gasteiger partial charge in [0.15, 0.2) is 6.10 Å². The van der Waals surface area contributed by atoms with Crippen LogP contribution in [-0.2, 0) is 23.8 Å². The topological polar surface area (TPSA) is 105 Å². The van der Waals surface area contributed by atoms with E-state index in [4.69, 9.17) is 28.5 Å². The Hall–Kier alpha value is -3.92. The maximum absolute atomic E-state index is 12.7. The fourth-order valence-corrected chi connectivity index (χ4v) is 4.52. The fraction of sp³-hybridized carbons (Fsp3) is 0.394. The lowest BCUT2D eigenvalue weighted by Crippen LogP contribution is -2.40. The molecule has 224 valence electrons. The van der Waals surface area contributed by atoms with Gasteiger partial charge in [0, 0.05) is 0 Å². The summed E-state index contributed by atoms with van der Waals surface area (Å²) in [6.45, 7) is 5.31. The average Bonchev–Trinajstić information content (AvgIpc) is 3.03. The summed E-state index contributed by atoms with van der Waals surface area (Å²) in [6.07, 6.45) is 8.01. The molecule has 0 radical (unpaired) electrons. The van der Waals surface area contributed by atoms with Gasteiger partial charge in [-0.1, -0.05) is 53.7 Å². The Morgan fingerprint density at radius 2 is 1.69 bits per heavy atom. The number of carbonyl (C=O) groups is 1. The number of aliphatic hydroxyl groups excluding tert-OH is 1. The Morgan fingerprint density at radius 1 is 0.952 bits per heavy atom. The minimum atomic E-state index is -0.529. The smallest absolute Gasteiger partial charge is 0.306 e. The van der Waals surface area contributed by atoms with Crippen molar-refractivity contribution in [2.24, 2.45) is 5.16 Å². The highest BCUT2D eigenvalue weighted by Gasteiger charge is 2.31. The number of oxime groups is 1. The highest BCUT2D eigenvalue weighted by atomic mass is 16.7. The maximum atomic E-state index is 12.7. The summed E-state index contributed by atoms with van der Waals surface area (Å²) in [6, 6.07) is 17.1. The first-order chi connectivity index (χ1) is 20.5. The summed E-state index contributed by atoms with van der Waals surface area (Å²) in [5, 5.41) is 13.8. The molecule has 9 heteroatoms. The Labute approximate surface area is 247 Å². The third-order valence-corrected chi connectivity index (χ3v) is 6.86. The van der Waals surface area contributed by atoms with Crippen LogP contribution in [0, 0.1) is 0 Å². The number of benzene rings is 2. The molecule has 2 heterocycles. The van der Waals surface area contributed by atoms with E-state index in [0.717, 1.165) is 11.3 Å². The molecule has 0 spiro atoms. The monoisotopic (exact) mass is 577 g/mol. The first-order valence-electron chi connectivity index (χ1n) is 14.1. The molecule has 0 unspecified atom stereocenters. The predicted molar refractivity (Wildman–Crippen MR) is 158 cm³/mol. The SMILES string of the molecule is C=CC[C@@H]1C=C[C@@H](O/N=C(/C)CCC(=O)OC[C@@H]2O[C@H](c3ccccc3)C=C[C@@H]2Oc2ccc(OC)cc2)[C@@H](CO)O1. The summed E-state index contributed by atoms with van der Waals surface area (Å²) in [4.78, 5) is 18.2. The standard InChI is InChI=1S/C33H39NO8/c1-4-8-26-16-17-30(31(21-35)40-26)42-34-23(2)11-20-33(36)38-22-32-29(39-27-14-12-25(37-3)13-15-27)19-18-28(41-32)24-9-6-5-7-10-24/h4-7,9-10,12-19,26,28-32,35H,1,8,11,20-22H2,2-3H3/b34-23-/t26-,28+,29+,30-,31-,32+/m1/s1. The molecule has 9 nitrogen and oxygen atoms in total. The zero-order chi connectivity index (χ0) is 29.7. The van der Waals surface area contributed by atoms with Crippen molar-refractivity contribution in [1.82, 2.24) is 0 Å². The lowest BCUT2D eigenvalue weighted by atomic mass is 10.0. The summed E-state index contributed by atoms with van der Waals surface area (Å²) >= 11 is 0. The largest absolute Gasteiger partial charge is 0.497 e. The van der Waals surface area contributed by atoms with Crippen LogP contribution in [0.15, 0.2) is 96.7 Å². The van der Waals surface area contributed by atoms with Crippen LogP contribution in [0.3, 0.4) is 0 Å². The third kappa shape index (κ3) is 9.04. The normalized spacial score (nSPS) is 25.5. The second-order valence-electron chi connectivity index (χ2n) is 10.0. The van der Waals surface area contributed by atoms with Crippen LogP contribution in [-0.4, -0.2) is 67.6 Å². The molecular formula is C33H39NO8. The summed E-state index contributed by atoms with van der Waals surface area (Å²) in [7, 11) is 1.61. The second-order valence-corrected chi connectivity index (χ2v) is 10.0. The quantitative estimate of drug-likeness (QED) is 0.143. The molecule has 2 aromatic rings. The molecule has 0 aromatic heterocycles. The van der Waals surface area contributed by atoms with Gasteiger partial charge in [0.25, 0.3) is 0 Å². The number of aliphatic hydroxyl groups is 1. The van der Waals surface area contributed by atoms with Gasteiger partial charge >= 0.3 is 5.97 Å². The van der Waals surface area contributed by atoms with E-state index < -0.39 is 24.4 Å². The minimum absolute atomic E-state index is 0.0221. The van der Waals surface area contributed by atoms with E-state index in [1.165, 1.54) is 0 Å². The van der Waals surface area contributed by atoms with Crippen molar-refractivity contribution in [2.75, 3.05) is 20.3 Å². The van der Waals surface area contributed by atoms with Gasteiger partial charge in [0.1, 0.15) is 42.5 Å². The van der Waals surface area contributed by atoms with Gasteiger partial charge in [-0.25, -0.2) is 0 Å². The van der Waals surface area contributed by atoms with E-state index in [9.17, 15) is 9.90 Å². The molecule has 0 saturated heterocycles. The van der Waals surface area contributed by atoms with E-state index in [2.05, 4.69) is 11.7 Å². The van der Waals surface area contributed by atoms with Gasteiger partial charge in [-0.15, -0.1) is 6.58 Å². The number of hydrogen-bond acceptors (Lipinski definition) is 9. The van der Waals surface area contributed by atoms with Crippen molar-refractivity contribution in [3.8, 4) is 11.5 Å². The Kier molecular flexibility index (Phi) is 11.8. The summed E-state index contributed by atoms with van der Waals surface area (Å²) < 4.78 is 29.1. The highest BCUT2D eigenvalue weighted by molar-refractivity contribution is 5.85. The Balaban J connectivity index is 1.30. The molecule has 0 amide bonds. The lowest BCUT2D eigenvalue weighted by molar-refractivity contribution is -0.152. The number of esters is 1. The zero-order valence-corrected chi connectivity index (χ0v) is 24.0. The van der Waals surface area contributed by atoms with Crippen LogP contribution >= 0.6 is 0 Å². The Morgan fingerprint density at radius 3 is 2.40 bits per heavy atom. The van der Waals surface area contributed by atoms with Crippen LogP contribution in [0.5, 0.6) is 11.5 Å². The van der Waals surface area contributed by atoms with Gasteiger partial charge in [-0.3, -0.25) is 4.79 Å². The molecular weight excluding hydrogens is 538 g/mol. The molecule has 2 aliphatic rings. The van der Waals surface area contributed by atoms with E-state index in [1.54, 1.807) is 20.1 Å². The van der Waals surface area contributed by atoms with Gasteiger partial charge in [0.05, 0.1) is 32.0 Å². The first kappa shape index (κ1) is 31.0. The van der Waals surface area contributed by atoms with Gasteiger partial charge in [-0.05, 0) is 61.7 Å². The van der Waals surface area contributed by atoms with Crippen LogP contribution in [0.1, 0.15) is 37.9 Å². The van der Waals surface area contributed by atoms with Gasteiger partial charge < -0.3 is 33.6 Å². The number of nitrogens with zero attached hydrogens (tertiary/aromatic N) is 1. The molecule has 4 rings (SSSR count). The summed E-state index contributed by atoms with van der Waals surface area (Å²) in [5.41, 5.74) is 1.62. The summed E-state index contributed by atoms with van der Waals surface area (Å²) in [5.74, 6) is 0.988. The Bertz CT molecular complexity index is 1230. The average molecular weight is 578 g/mol. The first-order valence-corrected chi connectivity index (χ1v) is 14.1. The zero-order valence-electron chi connectivity index (χ0n) is 24.0. The highest BCUT2D eigenvalue weighted by Crippen LogP contribution is 2.29. The molecule has 0 aliphatic carbocycles. The van der Waals surface area contributed by atoms with Gasteiger partial charge in [0.2, 0.25) is 0 Å². The van der Waals surface area contributed by atoms with Crippen molar-refractivity contribution >= 4 is 11.7 Å². The fourth-order valence-electron chi connectivity index (χ4n) is 4.52. The van der Waals surface area contributed by atoms with Crippen LogP contribution in [0.4, 0.5) is 0 Å². The molecule has 0 bridgehead atoms. The minimum Gasteiger partial charge on any atom is -0.497 e. The predicted octanol–water partition coefficient (Wildman–Crippen LogP) is 5.12. The van der Waals surface area contributed by atoms with Crippen molar-refractivity contribution in [1.29, 1.82) is 0 Å². The number of carbonyl (C=O) groups excluding carboxylic acids is 1. The number of hydrogen-bond donors (Lipinski definition) is 1. The van der Waals surface area contributed by atoms with E-state index >= 15 is 0 Å². The number of rotatable bonds is 14. The molecule has 42 heavy (non-hydrogen) atoms. The van der Waals surface area contributed by atoms with Crippen molar-refractivity contribution in [3.63, 3.8) is 0 Å². The van der Waals surface area contributed by atoms with Crippen LogP contribution in [0.25, 0.3) is 0 Å². The van der Waals surface area contributed by atoms with E-state index in [-0.39, 0.29) is 37.8 Å². The van der Waals surface area contributed by atoms with Crippen molar-refractivity contribution in [3.05, 3.63) is 97.1 Å².